The van der Waals surface area contributed by atoms with Crippen LogP contribution < -0.4 is 5.32 Å². The van der Waals surface area contributed by atoms with Crippen LogP contribution in [0, 0.1) is 18.7 Å². The van der Waals surface area contributed by atoms with Gasteiger partial charge in [0, 0.05) is 50.4 Å². The van der Waals surface area contributed by atoms with E-state index in [1.165, 1.54) is 30.3 Å². The van der Waals surface area contributed by atoms with E-state index in [-0.39, 0.29) is 23.0 Å². The number of amides is 2. The van der Waals surface area contributed by atoms with E-state index in [9.17, 15) is 22.8 Å². The summed E-state index contributed by atoms with van der Waals surface area (Å²) in [6.07, 6.45) is -2.02. The van der Waals surface area contributed by atoms with Crippen molar-refractivity contribution in [2.24, 2.45) is 5.92 Å². The average molecular weight is 611 g/mol. The zero-order valence-corrected chi connectivity index (χ0v) is 24.6. The molecule has 44 heavy (non-hydrogen) atoms. The quantitative estimate of drug-likeness (QED) is 0.181. The van der Waals surface area contributed by atoms with Crippen LogP contribution in [0.5, 0.6) is 0 Å². The van der Waals surface area contributed by atoms with Gasteiger partial charge in [0.05, 0.1) is 24.1 Å². The van der Waals surface area contributed by atoms with E-state index in [1.807, 2.05) is 23.9 Å². The zero-order chi connectivity index (χ0) is 31.4. The number of alkyl halides is 3. The summed E-state index contributed by atoms with van der Waals surface area (Å²) < 4.78 is 60.4. The van der Waals surface area contributed by atoms with Gasteiger partial charge >= 0.3 is 6.18 Å². The van der Waals surface area contributed by atoms with Crippen LogP contribution in [-0.2, 0) is 17.7 Å². The molecule has 1 N–H and O–H groups in total. The molecular weight excluding hydrogens is 576 g/mol. The summed E-state index contributed by atoms with van der Waals surface area (Å²) in [4.78, 5) is 27.4. The van der Waals surface area contributed by atoms with E-state index in [4.69, 9.17) is 9.84 Å². The van der Waals surface area contributed by atoms with E-state index in [2.05, 4.69) is 5.32 Å². The summed E-state index contributed by atoms with van der Waals surface area (Å²) in [6.45, 7) is 4.35. The number of hydrogen-bond acceptors (Lipinski definition) is 4. The third-order valence-electron chi connectivity index (χ3n) is 8.05. The highest BCUT2D eigenvalue weighted by Gasteiger charge is 2.28. The fourth-order valence-corrected chi connectivity index (χ4v) is 5.70. The van der Waals surface area contributed by atoms with Gasteiger partial charge in [0.15, 0.2) is 0 Å². The van der Waals surface area contributed by atoms with Crippen LogP contribution in [-0.4, -0.2) is 66.0 Å². The lowest BCUT2D eigenvalue weighted by Crippen LogP contribution is -2.39. The number of benzene rings is 3. The molecular formula is C33H34F4N4O3. The third kappa shape index (κ3) is 7.27. The molecule has 1 aliphatic rings. The van der Waals surface area contributed by atoms with Gasteiger partial charge in [-0.05, 0) is 72.2 Å². The Hall–Kier alpha value is -4.25. The molecule has 0 radical (unpaired) electrons. The molecule has 2 amide bonds. The Morgan fingerprint density at radius 3 is 2.45 bits per heavy atom. The monoisotopic (exact) mass is 610 g/mol. The number of rotatable bonds is 9. The molecule has 1 aliphatic heterocycles. The standard InChI is InChI=1S/C33H34F4N4O3/c1-21-26(31(42)38-12-15-44-2)8-9-30-28(21)20-41(39-30)19-22-10-13-40(14-11-22)32(43)27-7-6-25(17-29(27)34)24-5-3-4-23(16-24)18-33(35,36)37/h3-9,16-17,20,22H,10-15,18-19H2,1-2H3,(H,38,42). The molecule has 2 heterocycles. The maximum Gasteiger partial charge on any atom is 0.393 e. The molecule has 0 saturated carbocycles. The summed E-state index contributed by atoms with van der Waals surface area (Å²) in [7, 11) is 1.58. The summed E-state index contributed by atoms with van der Waals surface area (Å²) in [5.74, 6) is -1.01. The fraction of sp³-hybridized carbons (Fsp3) is 0.364. The van der Waals surface area contributed by atoms with Crippen molar-refractivity contribution in [1.29, 1.82) is 0 Å². The first-order valence-corrected chi connectivity index (χ1v) is 14.5. The topological polar surface area (TPSA) is 76.5 Å². The lowest BCUT2D eigenvalue weighted by atomic mass is 9.95. The second-order valence-corrected chi connectivity index (χ2v) is 11.2. The number of likely N-dealkylation sites (tertiary alicyclic amines) is 1. The molecule has 0 atom stereocenters. The van der Waals surface area contributed by atoms with Gasteiger partial charge in [0.1, 0.15) is 5.82 Å². The van der Waals surface area contributed by atoms with E-state index < -0.39 is 24.3 Å². The minimum absolute atomic E-state index is 0.0606. The van der Waals surface area contributed by atoms with Gasteiger partial charge in [-0.1, -0.05) is 30.3 Å². The highest BCUT2D eigenvalue weighted by atomic mass is 19.4. The Bertz CT molecular complexity index is 1660. The number of hydrogen-bond donors (Lipinski definition) is 1. The average Bonchev–Trinajstić information content (AvgIpc) is 3.40. The Morgan fingerprint density at radius 2 is 1.75 bits per heavy atom. The Morgan fingerprint density at radius 1 is 1.02 bits per heavy atom. The number of halogens is 4. The highest BCUT2D eigenvalue weighted by molar-refractivity contribution is 6.00. The Balaban J connectivity index is 1.19. The predicted molar refractivity (Wildman–Crippen MR) is 159 cm³/mol. The van der Waals surface area contributed by atoms with Crippen molar-refractivity contribution >= 4 is 22.7 Å². The lowest BCUT2D eigenvalue weighted by Gasteiger charge is -2.32. The summed E-state index contributed by atoms with van der Waals surface area (Å²) in [5.41, 5.74) is 3.13. The molecule has 1 aromatic heterocycles. The molecule has 0 unspecified atom stereocenters. The molecule has 7 nitrogen and oxygen atoms in total. The SMILES string of the molecule is COCCNC(=O)c1ccc2nn(CC3CCN(C(=O)c4ccc(-c5cccc(CC(F)(F)F)c5)cc4F)CC3)cc2c1C. The van der Waals surface area contributed by atoms with Crippen molar-refractivity contribution in [2.45, 2.75) is 38.9 Å². The first-order chi connectivity index (χ1) is 21.0. The van der Waals surface area contributed by atoms with Gasteiger partial charge in [-0.15, -0.1) is 0 Å². The smallest absolute Gasteiger partial charge is 0.383 e. The van der Waals surface area contributed by atoms with Gasteiger partial charge in [-0.2, -0.15) is 18.3 Å². The number of methoxy groups -OCH3 is 1. The molecule has 1 saturated heterocycles. The van der Waals surface area contributed by atoms with Crippen molar-refractivity contribution in [2.75, 3.05) is 33.4 Å². The van der Waals surface area contributed by atoms with E-state index in [0.29, 0.717) is 49.5 Å². The summed E-state index contributed by atoms with van der Waals surface area (Å²) >= 11 is 0. The maximum atomic E-state index is 15.1. The van der Waals surface area contributed by atoms with Crippen molar-refractivity contribution in [3.05, 3.63) is 88.9 Å². The summed E-state index contributed by atoms with van der Waals surface area (Å²) in [5, 5.41) is 8.44. The number of ether oxygens (including phenoxy) is 1. The van der Waals surface area contributed by atoms with Crippen LogP contribution in [0.2, 0.25) is 0 Å². The van der Waals surface area contributed by atoms with E-state index in [1.54, 1.807) is 30.2 Å². The van der Waals surface area contributed by atoms with Gasteiger partial charge in [-0.25, -0.2) is 4.39 Å². The third-order valence-corrected chi connectivity index (χ3v) is 8.05. The molecule has 0 bridgehead atoms. The van der Waals surface area contributed by atoms with Gasteiger partial charge < -0.3 is 15.0 Å². The fourth-order valence-electron chi connectivity index (χ4n) is 5.70. The molecule has 232 valence electrons. The van der Waals surface area contributed by atoms with Crippen molar-refractivity contribution in [3.8, 4) is 11.1 Å². The first kappa shape index (κ1) is 31.2. The van der Waals surface area contributed by atoms with Crippen molar-refractivity contribution in [1.82, 2.24) is 20.0 Å². The molecule has 0 spiro atoms. The molecule has 4 aromatic rings. The number of aryl methyl sites for hydroxylation is 1. The van der Waals surface area contributed by atoms with Crippen LogP contribution in [0.15, 0.2) is 60.8 Å². The van der Waals surface area contributed by atoms with Gasteiger partial charge in [0.2, 0.25) is 0 Å². The molecule has 1 fully saturated rings. The maximum absolute atomic E-state index is 15.1. The van der Waals surface area contributed by atoms with Crippen LogP contribution in [0.1, 0.15) is 44.7 Å². The Labute approximate surface area is 252 Å². The summed E-state index contributed by atoms with van der Waals surface area (Å²) in [6, 6.07) is 13.7. The van der Waals surface area contributed by atoms with Crippen LogP contribution in [0.25, 0.3) is 22.0 Å². The number of fused-ring (bicyclic) bond motifs is 1. The number of carbonyl (C=O) groups is 2. The predicted octanol–water partition coefficient (Wildman–Crippen LogP) is 6.18. The van der Waals surface area contributed by atoms with Crippen molar-refractivity contribution < 1.29 is 31.9 Å². The largest absolute Gasteiger partial charge is 0.393 e. The second kappa shape index (κ2) is 13.2. The van der Waals surface area contributed by atoms with Crippen LogP contribution in [0.3, 0.4) is 0 Å². The minimum atomic E-state index is -4.34. The van der Waals surface area contributed by atoms with Crippen LogP contribution in [0.4, 0.5) is 17.6 Å². The van der Waals surface area contributed by atoms with E-state index in [0.717, 1.165) is 29.3 Å². The number of piperidine rings is 1. The molecule has 5 rings (SSSR count). The zero-order valence-electron chi connectivity index (χ0n) is 24.6. The van der Waals surface area contributed by atoms with E-state index >= 15 is 4.39 Å². The van der Waals surface area contributed by atoms with Crippen LogP contribution >= 0.6 is 0 Å². The number of aromatic nitrogens is 2. The number of carbonyl (C=O) groups excluding carboxylic acids is 2. The van der Waals surface area contributed by atoms with Gasteiger partial charge in [-0.3, -0.25) is 14.3 Å². The second-order valence-electron chi connectivity index (χ2n) is 11.2. The molecule has 11 heteroatoms. The first-order valence-electron chi connectivity index (χ1n) is 14.5. The number of nitrogens with zero attached hydrogens (tertiary/aromatic N) is 3. The molecule has 3 aromatic carbocycles. The minimum Gasteiger partial charge on any atom is -0.383 e. The number of nitrogens with one attached hydrogen (secondary N) is 1. The Kier molecular flexibility index (Phi) is 9.33. The van der Waals surface area contributed by atoms with Crippen molar-refractivity contribution in [3.63, 3.8) is 0 Å². The molecule has 0 aliphatic carbocycles. The van der Waals surface area contributed by atoms with Gasteiger partial charge in [0.25, 0.3) is 11.8 Å². The lowest BCUT2D eigenvalue weighted by molar-refractivity contribution is -0.127. The highest BCUT2D eigenvalue weighted by Crippen LogP contribution is 2.29. The normalized spacial score (nSPS) is 14.3.